The molecule has 0 unspecified atom stereocenters. The Bertz CT molecular complexity index is 1560. The number of hydrogen-bond acceptors (Lipinski definition) is 6. The van der Waals surface area contributed by atoms with E-state index >= 15 is 0 Å². The van der Waals surface area contributed by atoms with Gasteiger partial charge in [0.25, 0.3) is 18.1 Å². The van der Waals surface area contributed by atoms with Gasteiger partial charge in [0.2, 0.25) is 0 Å². The highest BCUT2D eigenvalue weighted by molar-refractivity contribution is 8.72. The van der Waals surface area contributed by atoms with Crippen LogP contribution in [0.2, 0.25) is 0 Å². The fourth-order valence-corrected chi connectivity index (χ4v) is 10.9. The third kappa shape index (κ3) is 14.0. The van der Waals surface area contributed by atoms with Crippen molar-refractivity contribution in [2.45, 2.75) is 64.2 Å². The zero-order valence-corrected chi connectivity index (χ0v) is 33.8. The van der Waals surface area contributed by atoms with E-state index in [0.717, 1.165) is 55.6 Å². The number of hydrogen-bond donors (Lipinski definition) is 0. The monoisotopic (exact) mass is 766 g/mol. The largest absolute Gasteiger partial charge is 0.293 e. The molecule has 264 valence electrons. The van der Waals surface area contributed by atoms with E-state index in [9.17, 15) is 16.8 Å². The van der Waals surface area contributed by atoms with Crippen LogP contribution in [0, 0.1) is 11.8 Å². The molecule has 0 aliphatic heterocycles. The lowest BCUT2D eigenvalue weighted by Gasteiger charge is -2.25. The van der Waals surface area contributed by atoms with Crippen molar-refractivity contribution in [1.82, 2.24) is 0 Å². The third-order valence-electron chi connectivity index (χ3n) is 6.76. The first-order valence-electron chi connectivity index (χ1n) is 15.6. The first-order valence-corrected chi connectivity index (χ1v) is 21.1. The second-order valence-electron chi connectivity index (χ2n) is 11.6. The summed E-state index contributed by atoms with van der Waals surface area (Å²) in [7, 11) is -5.19. The van der Waals surface area contributed by atoms with E-state index in [4.69, 9.17) is 0 Å². The van der Waals surface area contributed by atoms with Gasteiger partial charge in [0, 0.05) is 44.5 Å². The minimum absolute atomic E-state index is 0. The van der Waals surface area contributed by atoms with Crippen molar-refractivity contribution >= 4 is 78.1 Å². The molecule has 0 N–H and O–H groups in total. The van der Waals surface area contributed by atoms with Crippen LogP contribution in [0.5, 0.6) is 0 Å². The minimum Gasteiger partial charge on any atom is -0.261 e. The maximum Gasteiger partial charge on any atom is 0.293 e. The molecule has 6 nitrogen and oxygen atoms in total. The van der Waals surface area contributed by atoms with Crippen LogP contribution in [0.1, 0.15) is 52.7 Å². The molecule has 0 bridgehead atoms. The highest BCUT2D eigenvalue weighted by Gasteiger charge is 2.26. The maximum atomic E-state index is 12.9. The molecule has 0 aromatic heterocycles. The summed E-state index contributed by atoms with van der Waals surface area (Å²) in [6, 6.07) is 34.0. The lowest BCUT2D eigenvalue weighted by atomic mass is 10.1. The lowest BCUT2D eigenvalue weighted by Crippen LogP contribution is -2.32. The quantitative estimate of drug-likeness (QED) is 0.119. The standard InChI is InChI=1S/2C18H23NO2S2.2H2S/c2*1-4-16-10-12-17(13-11-16)19(14-15(2)3)23(20,21)22-18-8-6-5-7-9-18;;/h2*5-13,15H,4,14H2,1-3H3;2*1H2. The van der Waals surface area contributed by atoms with E-state index in [1.165, 1.54) is 19.7 Å². The molecule has 0 saturated carbocycles. The Morgan fingerprint density at radius 2 is 0.792 bits per heavy atom. The van der Waals surface area contributed by atoms with Crippen molar-refractivity contribution in [3.8, 4) is 0 Å². The summed E-state index contributed by atoms with van der Waals surface area (Å²) in [4.78, 5) is 1.46. The molecule has 0 atom stereocenters. The van der Waals surface area contributed by atoms with Crippen molar-refractivity contribution < 1.29 is 16.8 Å². The van der Waals surface area contributed by atoms with Gasteiger partial charge in [-0.15, -0.1) is 0 Å². The number of aryl methyl sites for hydroxylation is 2. The maximum absolute atomic E-state index is 12.9. The fraction of sp³-hybridized carbons (Fsp3) is 0.333. The summed E-state index contributed by atoms with van der Waals surface area (Å²) < 4.78 is 54.5. The van der Waals surface area contributed by atoms with Gasteiger partial charge in [-0.2, -0.15) is 43.8 Å². The predicted octanol–water partition coefficient (Wildman–Crippen LogP) is 9.72. The molecule has 4 rings (SSSR count). The zero-order valence-electron chi connectivity index (χ0n) is 28.5. The van der Waals surface area contributed by atoms with E-state index in [1.54, 1.807) is 0 Å². The lowest BCUT2D eigenvalue weighted by molar-refractivity contribution is 0.590. The van der Waals surface area contributed by atoms with E-state index in [-0.39, 0.29) is 38.8 Å². The topological polar surface area (TPSA) is 74.8 Å². The average molecular weight is 767 g/mol. The van der Waals surface area contributed by atoms with Gasteiger partial charge in [-0.3, -0.25) is 8.61 Å². The molecule has 0 radical (unpaired) electrons. The average Bonchev–Trinajstić information content (AvgIpc) is 3.03. The smallest absolute Gasteiger partial charge is 0.261 e. The molecular weight excluding hydrogens is 717 g/mol. The highest BCUT2D eigenvalue weighted by atomic mass is 33.1. The summed E-state index contributed by atoms with van der Waals surface area (Å²) in [5.41, 5.74) is 3.84. The van der Waals surface area contributed by atoms with Crippen LogP contribution in [0.15, 0.2) is 119 Å². The Labute approximate surface area is 310 Å². The SMILES string of the molecule is CCc1ccc(N(CC(C)C)S(=O)(=O)Sc2ccccc2)cc1.CCc1ccc(N(CC(C)C)S(=O)(=O)Sc2ccccc2)cc1.S.S. The first kappa shape index (κ1) is 43.8. The van der Waals surface area contributed by atoms with Gasteiger partial charge in [0.15, 0.2) is 0 Å². The van der Waals surface area contributed by atoms with Crippen molar-refractivity contribution in [2.75, 3.05) is 21.7 Å². The molecule has 0 fully saturated rings. The van der Waals surface area contributed by atoms with Crippen LogP contribution in [-0.4, -0.2) is 29.9 Å². The molecule has 0 heterocycles. The molecule has 4 aromatic carbocycles. The fourth-order valence-electron chi connectivity index (χ4n) is 4.40. The van der Waals surface area contributed by atoms with Gasteiger partial charge >= 0.3 is 0 Å². The summed E-state index contributed by atoms with van der Waals surface area (Å²) in [5, 5.41) is 0. The van der Waals surface area contributed by atoms with Crippen LogP contribution in [0.4, 0.5) is 11.4 Å². The van der Waals surface area contributed by atoms with E-state index < -0.39 is 18.1 Å². The zero-order chi connectivity index (χ0) is 33.7. The second kappa shape index (κ2) is 21.1. The number of nitrogens with zero attached hydrogens (tertiary/aromatic N) is 2. The number of benzene rings is 4. The molecule has 0 aliphatic carbocycles. The van der Waals surface area contributed by atoms with Crippen molar-refractivity contribution in [2.24, 2.45) is 11.8 Å². The Morgan fingerprint density at radius 1 is 0.500 bits per heavy atom. The van der Waals surface area contributed by atoms with Crippen molar-refractivity contribution in [3.63, 3.8) is 0 Å². The minimum atomic E-state index is -3.49. The van der Waals surface area contributed by atoms with Crippen LogP contribution < -0.4 is 8.61 Å². The Morgan fingerprint density at radius 3 is 1.04 bits per heavy atom. The molecule has 0 amide bonds. The Balaban J connectivity index is 0.000000461. The molecular formula is C36H50N2O4S6. The third-order valence-corrected chi connectivity index (χ3v) is 13.4. The van der Waals surface area contributed by atoms with Crippen molar-refractivity contribution in [1.29, 1.82) is 0 Å². The van der Waals surface area contributed by atoms with Gasteiger partial charge in [-0.1, -0.05) is 102 Å². The van der Waals surface area contributed by atoms with Crippen LogP contribution in [0.25, 0.3) is 0 Å². The molecule has 12 heteroatoms. The van der Waals surface area contributed by atoms with Gasteiger partial charge in [-0.05, 0) is 84.3 Å². The van der Waals surface area contributed by atoms with Gasteiger partial charge in [0.05, 0.1) is 11.4 Å². The Kier molecular flexibility index (Phi) is 19.3. The van der Waals surface area contributed by atoms with Crippen LogP contribution >= 0.6 is 48.6 Å². The number of anilines is 2. The van der Waals surface area contributed by atoms with Crippen LogP contribution in [-0.2, 0) is 31.0 Å². The predicted molar refractivity (Wildman–Crippen MR) is 219 cm³/mol. The van der Waals surface area contributed by atoms with Gasteiger partial charge in [0.1, 0.15) is 0 Å². The molecule has 0 saturated heterocycles. The molecule has 4 aromatic rings. The van der Waals surface area contributed by atoms with Crippen LogP contribution in [0.3, 0.4) is 0 Å². The summed E-state index contributed by atoms with van der Waals surface area (Å²) >= 11 is 0. The Hall–Kier alpha value is -2.22. The van der Waals surface area contributed by atoms with E-state index in [0.29, 0.717) is 13.1 Å². The highest BCUT2D eigenvalue weighted by Crippen LogP contribution is 2.33. The van der Waals surface area contributed by atoms with Gasteiger partial charge in [-0.25, -0.2) is 0 Å². The summed E-state index contributed by atoms with van der Waals surface area (Å²) in [6.45, 7) is 13.2. The first-order chi connectivity index (χ1) is 21.8. The second-order valence-corrected chi connectivity index (χ2v) is 19.0. The van der Waals surface area contributed by atoms with E-state index in [1.807, 2.05) is 137 Å². The summed E-state index contributed by atoms with van der Waals surface area (Å²) in [5.74, 6) is 0.485. The molecule has 48 heavy (non-hydrogen) atoms. The van der Waals surface area contributed by atoms with Crippen molar-refractivity contribution in [3.05, 3.63) is 120 Å². The van der Waals surface area contributed by atoms with E-state index in [2.05, 4.69) is 13.8 Å². The molecule has 0 spiro atoms. The summed E-state index contributed by atoms with van der Waals surface area (Å²) in [6.07, 6.45) is 1.88. The molecule has 0 aliphatic rings. The normalized spacial score (nSPS) is 11.2. The number of rotatable bonds is 14. The van der Waals surface area contributed by atoms with Gasteiger partial charge < -0.3 is 0 Å².